The fraction of sp³-hybridized carbons (Fsp3) is 0.750. The third kappa shape index (κ3) is 7.96. The van der Waals surface area contributed by atoms with Gasteiger partial charge in [0.05, 0.1) is 0 Å². The molecule has 0 atom stereocenters. The first-order chi connectivity index (χ1) is 4.41. The molecule has 0 saturated carbocycles. The Bertz CT molecular complexity index is 37.8. The molecule has 0 spiro atoms. The van der Waals surface area contributed by atoms with E-state index >= 15 is 0 Å². The van der Waals surface area contributed by atoms with Crippen molar-refractivity contribution < 1.29 is 4.74 Å². The molecule has 0 aromatic rings. The van der Waals surface area contributed by atoms with Gasteiger partial charge in [0.2, 0.25) is 0 Å². The van der Waals surface area contributed by atoms with Crippen LogP contribution < -0.4 is 0 Å². The molecule has 0 aromatic carbocycles. The van der Waals surface area contributed by atoms with Crippen LogP contribution in [0.3, 0.4) is 0 Å². The first kappa shape index (κ1) is 8.96. The second-order valence-corrected chi connectivity index (χ2v) is 2.01. The fourth-order valence-electron chi connectivity index (χ4n) is 0.539. The molecule has 0 fully saturated rings. The van der Waals surface area contributed by atoms with Crippen LogP contribution in [-0.2, 0) is 4.74 Å². The van der Waals surface area contributed by atoms with Crippen molar-refractivity contribution in [2.24, 2.45) is 0 Å². The Kier molecular flexibility index (Phi) is 7.92. The molecule has 9 heavy (non-hydrogen) atoms. The molecule has 0 amide bonds. The van der Waals surface area contributed by atoms with E-state index in [4.69, 9.17) is 4.74 Å². The zero-order valence-electron chi connectivity index (χ0n) is 6.23. The average molecular weight is 128 g/mol. The molecule has 0 rings (SSSR count). The van der Waals surface area contributed by atoms with Crippen molar-refractivity contribution in [3.63, 3.8) is 0 Å². The summed E-state index contributed by atoms with van der Waals surface area (Å²) >= 11 is 0. The van der Waals surface area contributed by atoms with Gasteiger partial charge in [-0.3, -0.25) is 0 Å². The number of ether oxygens (including phenoxy) is 1. The molecular formula is C8H16O. The first-order valence-electron chi connectivity index (χ1n) is 3.60. The molecule has 0 aliphatic heterocycles. The molecule has 1 nitrogen and oxygen atoms in total. The molecule has 0 N–H and O–H groups in total. The molecule has 1 heteroatoms. The number of unbranched alkanes of at least 4 members (excludes halogenated alkanes) is 2. The fourth-order valence-corrected chi connectivity index (χ4v) is 0.539. The highest BCUT2D eigenvalue weighted by molar-refractivity contribution is 4.62. The van der Waals surface area contributed by atoms with E-state index in [1.807, 2.05) is 0 Å². The predicted molar refractivity (Wildman–Crippen MR) is 40.0 cm³/mol. The minimum atomic E-state index is 0.795. The predicted octanol–water partition coefficient (Wildman–Crippen LogP) is 2.23. The lowest BCUT2D eigenvalue weighted by atomic mass is 10.3. The number of hydrogen-bond donors (Lipinski definition) is 0. The number of hydrogen-bond acceptors (Lipinski definition) is 1. The largest absolute Gasteiger partial charge is 0.381 e. The summed E-state index contributed by atoms with van der Waals surface area (Å²) in [6.07, 6.45) is 5.29. The quantitative estimate of drug-likeness (QED) is 0.498. The van der Waals surface area contributed by atoms with Gasteiger partial charge in [0.1, 0.15) is 0 Å². The van der Waals surface area contributed by atoms with E-state index in [9.17, 15) is 0 Å². The van der Waals surface area contributed by atoms with Crippen molar-refractivity contribution in [1.29, 1.82) is 0 Å². The maximum atomic E-state index is 5.20. The third-order valence-electron chi connectivity index (χ3n) is 0.992. The molecule has 0 heterocycles. The lowest BCUT2D eigenvalue weighted by Gasteiger charge is -1.98. The van der Waals surface area contributed by atoms with E-state index in [1.54, 1.807) is 0 Å². The Labute approximate surface area is 58.4 Å². The minimum Gasteiger partial charge on any atom is -0.381 e. The Morgan fingerprint density at radius 1 is 1.56 bits per heavy atom. The molecular weight excluding hydrogens is 112 g/mol. The molecule has 2 radical (unpaired) electrons. The van der Waals surface area contributed by atoms with Gasteiger partial charge in [0.25, 0.3) is 0 Å². The van der Waals surface area contributed by atoms with Gasteiger partial charge in [-0.1, -0.05) is 20.3 Å². The van der Waals surface area contributed by atoms with Gasteiger partial charge in [-0.2, -0.15) is 0 Å². The Hall–Kier alpha value is -0.0400. The Morgan fingerprint density at radius 2 is 2.33 bits per heavy atom. The van der Waals surface area contributed by atoms with Crippen molar-refractivity contribution in [2.75, 3.05) is 13.2 Å². The van der Waals surface area contributed by atoms with E-state index in [0.29, 0.717) is 0 Å². The van der Waals surface area contributed by atoms with Crippen LogP contribution in [0.25, 0.3) is 0 Å². The van der Waals surface area contributed by atoms with E-state index in [2.05, 4.69) is 20.3 Å². The van der Waals surface area contributed by atoms with Crippen molar-refractivity contribution in [1.82, 2.24) is 0 Å². The smallest absolute Gasteiger partial charge is 0.0497 e. The standard InChI is InChI=1S/C8H16O/c1-3-5-6-8-9-7-4-2/h6H,1,3-5,7-8H2,2H3. The zero-order valence-corrected chi connectivity index (χ0v) is 6.23. The average Bonchev–Trinajstić information content (AvgIpc) is 1.89. The van der Waals surface area contributed by atoms with Gasteiger partial charge >= 0.3 is 0 Å². The third-order valence-corrected chi connectivity index (χ3v) is 0.992. The topological polar surface area (TPSA) is 9.23 Å². The minimum absolute atomic E-state index is 0.795. The summed E-state index contributed by atoms with van der Waals surface area (Å²) in [6.45, 7) is 7.51. The van der Waals surface area contributed by atoms with Crippen LogP contribution in [0.5, 0.6) is 0 Å². The second kappa shape index (κ2) is 7.96. The summed E-state index contributed by atoms with van der Waals surface area (Å²) in [5.41, 5.74) is 0. The summed E-state index contributed by atoms with van der Waals surface area (Å²) in [6, 6.07) is 0. The van der Waals surface area contributed by atoms with E-state index in [1.165, 1.54) is 0 Å². The summed E-state index contributed by atoms with van der Waals surface area (Å²) in [7, 11) is 0. The van der Waals surface area contributed by atoms with Crippen LogP contribution >= 0.6 is 0 Å². The van der Waals surface area contributed by atoms with Gasteiger partial charge in [0.15, 0.2) is 0 Å². The molecule has 0 bridgehead atoms. The number of rotatable bonds is 6. The van der Waals surface area contributed by atoms with E-state index in [0.717, 1.165) is 32.5 Å². The molecule has 0 aliphatic rings. The highest BCUT2D eigenvalue weighted by atomic mass is 16.5. The molecule has 0 aliphatic carbocycles. The highest BCUT2D eigenvalue weighted by Gasteiger charge is 1.85. The normalized spacial score (nSPS) is 10.0. The molecule has 0 unspecified atom stereocenters. The summed E-state index contributed by atoms with van der Waals surface area (Å²) in [4.78, 5) is 0. The zero-order chi connectivity index (χ0) is 6.95. The van der Waals surface area contributed by atoms with Crippen LogP contribution in [0.1, 0.15) is 26.2 Å². The lowest BCUT2D eigenvalue weighted by molar-refractivity contribution is 0.153. The maximum absolute atomic E-state index is 5.20. The highest BCUT2D eigenvalue weighted by Crippen LogP contribution is 1.92. The van der Waals surface area contributed by atoms with Gasteiger partial charge in [-0.05, 0) is 19.3 Å². The van der Waals surface area contributed by atoms with Crippen molar-refractivity contribution in [3.8, 4) is 0 Å². The van der Waals surface area contributed by atoms with Crippen LogP contribution in [0.4, 0.5) is 0 Å². The molecule has 0 aromatic heterocycles. The molecule has 0 saturated heterocycles. The van der Waals surface area contributed by atoms with Gasteiger partial charge in [-0.25, -0.2) is 0 Å². The Balaban J connectivity index is 2.60. The summed E-state index contributed by atoms with van der Waals surface area (Å²) in [5, 5.41) is 0. The van der Waals surface area contributed by atoms with Crippen LogP contribution in [0.15, 0.2) is 0 Å². The summed E-state index contributed by atoms with van der Waals surface area (Å²) < 4.78 is 5.20. The van der Waals surface area contributed by atoms with Crippen molar-refractivity contribution in [2.45, 2.75) is 26.2 Å². The first-order valence-corrected chi connectivity index (χ1v) is 3.60. The van der Waals surface area contributed by atoms with E-state index < -0.39 is 0 Å². The monoisotopic (exact) mass is 128 g/mol. The lowest BCUT2D eigenvalue weighted by Crippen LogP contribution is -1.95. The van der Waals surface area contributed by atoms with Crippen molar-refractivity contribution >= 4 is 0 Å². The van der Waals surface area contributed by atoms with Crippen LogP contribution in [0, 0.1) is 13.3 Å². The van der Waals surface area contributed by atoms with Gasteiger partial charge in [0, 0.05) is 13.2 Å². The Morgan fingerprint density at radius 3 is 2.89 bits per heavy atom. The SMILES string of the molecule is [CH2]CC[CH]COCCC. The van der Waals surface area contributed by atoms with Gasteiger partial charge in [-0.15, -0.1) is 0 Å². The maximum Gasteiger partial charge on any atom is 0.0497 e. The van der Waals surface area contributed by atoms with Crippen molar-refractivity contribution in [3.05, 3.63) is 13.3 Å². The van der Waals surface area contributed by atoms with Crippen LogP contribution in [0.2, 0.25) is 0 Å². The van der Waals surface area contributed by atoms with Gasteiger partial charge < -0.3 is 4.74 Å². The summed E-state index contributed by atoms with van der Waals surface area (Å²) in [5.74, 6) is 0. The molecule has 54 valence electrons. The van der Waals surface area contributed by atoms with Crippen LogP contribution in [-0.4, -0.2) is 13.2 Å². The van der Waals surface area contributed by atoms with E-state index in [-0.39, 0.29) is 0 Å². The second-order valence-electron chi connectivity index (χ2n) is 2.01.